The molecule has 108 valence electrons. The zero-order chi connectivity index (χ0) is 14.1. The number of aliphatic hydroxyl groups is 2. The normalized spacial score (nSPS) is 12.9. The van der Waals surface area contributed by atoms with Crippen LogP contribution in [0.5, 0.6) is 0 Å². The van der Waals surface area contributed by atoms with Crippen LogP contribution in [0.15, 0.2) is 28.7 Å². The van der Waals surface area contributed by atoms with E-state index < -0.39 is 6.10 Å². The molecule has 0 aliphatic rings. The molecular formula is C15H24BrNO2. The Morgan fingerprint density at radius 3 is 2.58 bits per heavy atom. The molecular weight excluding hydrogens is 306 g/mol. The summed E-state index contributed by atoms with van der Waals surface area (Å²) >= 11 is 3.47. The number of halogens is 1. The summed E-state index contributed by atoms with van der Waals surface area (Å²) in [5.74, 6) is 0. The standard InChI is InChI=1S/C15H24BrNO2/c1-17(10-5-2-6-12-18)11-9-15(19)13-7-3-4-8-14(13)16/h3-4,7-8,15,18-19H,2,5-6,9-12H2,1H3. The quantitative estimate of drug-likeness (QED) is 0.684. The fraction of sp³-hybridized carbons (Fsp3) is 0.600. The molecule has 0 amide bonds. The first-order valence-corrected chi connectivity index (χ1v) is 7.66. The summed E-state index contributed by atoms with van der Waals surface area (Å²) in [4.78, 5) is 2.23. The summed E-state index contributed by atoms with van der Waals surface area (Å²) in [7, 11) is 2.08. The smallest absolute Gasteiger partial charge is 0.0813 e. The molecule has 0 saturated carbocycles. The molecule has 2 N–H and O–H groups in total. The van der Waals surface area contributed by atoms with Gasteiger partial charge in [-0.15, -0.1) is 0 Å². The van der Waals surface area contributed by atoms with Gasteiger partial charge < -0.3 is 15.1 Å². The van der Waals surface area contributed by atoms with E-state index >= 15 is 0 Å². The van der Waals surface area contributed by atoms with Crippen LogP contribution in [0, 0.1) is 0 Å². The van der Waals surface area contributed by atoms with Gasteiger partial charge in [-0.25, -0.2) is 0 Å². The van der Waals surface area contributed by atoms with E-state index in [0.717, 1.165) is 48.8 Å². The van der Waals surface area contributed by atoms with Gasteiger partial charge in [0.25, 0.3) is 0 Å². The van der Waals surface area contributed by atoms with E-state index in [1.807, 2.05) is 24.3 Å². The third-order valence-corrected chi connectivity index (χ3v) is 3.97. The predicted octanol–water partition coefficient (Wildman–Crippen LogP) is 2.97. The Labute approximate surface area is 124 Å². The van der Waals surface area contributed by atoms with Crippen molar-refractivity contribution in [3.8, 4) is 0 Å². The van der Waals surface area contributed by atoms with Crippen molar-refractivity contribution < 1.29 is 10.2 Å². The van der Waals surface area contributed by atoms with Gasteiger partial charge in [-0.2, -0.15) is 0 Å². The van der Waals surface area contributed by atoms with E-state index in [9.17, 15) is 5.11 Å². The van der Waals surface area contributed by atoms with Gasteiger partial charge in [0, 0.05) is 17.6 Å². The van der Waals surface area contributed by atoms with Crippen LogP contribution >= 0.6 is 15.9 Å². The van der Waals surface area contributed by atoms with Crippen molar-refractivity contribution >= 4 is 15.9 Å². The predicted molar refractivity (Wildman–Crippen MR) is 82.2 cm³/mol. The highest BCUT2D eigenvalue weighted by molar-refractivity contribution is 9.10. The van der Waals surface area contributed by atoms with Crippen molar-refractivity contribution in [1.82, 2.24) is 4.90 Å². The minimum atomic E-state index is -0.421. The molecule has 0 radical (unpaired) electrons. The second-order valence-corrected chi connectivity index (χ2v) is 5.77. The molecule has 0 aliphatic carbocycles. The highest BCUT2D eigenvalue weighted by atomic mass is 79.9. The van der Waals surface area contributed by atoms with Crippen molar-refractivity contribution in [2.45, 2.75) is 31.8 Å². The van der Waals surface area contributed by atoms with E-state index in [2.05, 4.69) is 27.9 Å². The highest BCUT2D eigenvalue weighted by Gasteiger charge is 2.11. The lowest BCUT2D eigenvalue weighted by Crippen LogP contribution is -2.22. The first-order valence-electron chi connectivity index (χ1n) is 6.87. The third kappa shape index (κ3) is 6.52. The number of rotatable bonds is 9. The molecule has 19 heavy (non-hydrogen) atoms. The molecule has 0 saturated heterocycles. The minimum Gasteiger partial charge on any atom is -0.396 e. The summed E-state index contributed by atoms with van der Waals surface area (Å²) in [6.07, 6.45) is 3.36. The molecule has 0 bridgehead atoms. The highest BCUT2D eigenvalue weighted by Crippen LogP contribution is 2.25. The van der Waals surface area contributed by atoms with Gasteiger partial charge in [0.05, 0.1) is 6.10 Å². The van der Waals surface area contributed by atoms with Gasteiger partial charge in [-0.3, -0.25) is 0 Å². The van der Waals surface area contributed by atoms with Crippen LogP contribution in [-0.4, -0.2) is 41.9 Å². The fourth-order valence-electron chi connectivity index (χ4n) is 2.03. The Morgan fingerprint density at radius 1 is 1.16 bits per heavy atom. The Morgan fingerprint density at radius 2 is 1.89 bits per heavy atom. The van der Waals surface area contributed by atoms with Crippen LogP contribution in [-0.2, 0) is 0 Å². The van der Waals surface area contributed by atoms with Crippen molar-refractivity contribution in [3.63, 3.8) is 0 Å². The molecule has 0 spiro atoms. The van der Waals surface area contributed by atoms with Crippen LogP contribution in [0.25, 0.3) is 0 Å². The second-order valence-electron chi connectivity index (χ2n) is 4.91. The number of hydrogen-bond acceptors (Lipinski definition) is 3. The van der Waals surface area contributed by atoms with Gasteiger partial charge in [0.2, 0.25) is 0 Å². The molecule has 1 rings (SSSR count). The van der Waals surface area contributed by atoms with Crippen molar-refractivity contribution in [2.24, 2.45) is 0 Å². The molecule has 3 nitrogen and oxygen atoms in total. The first-order chi connectivity index (χ1) is 9.15. The summed E-state index contributed by atoms with van der Waals surface area (Å²) in [5, 5.41) is 18.9. The van der Waals surface area contributed by atoms with E-state index in [1.54, 1.807) is 0 Å². The average Bonchev–Trinajstić information content (AvgIpc) is 2.41. The summed E-state index contributed by atoms with van der Waals surface area (Å²) in [6.45, 7) is 2.18. The maximum absolute atomic E-state index is 10.2. The van der Waals surface area contributed by atoms with Crippen LogP contribution in [0.1, 0.15) is 37.4 Å². The summed E-state index contributed by atoms with van der Waals surface area (Å²) in [6, 6.07) is 7.81. The van der Waals surface area contributed by atoms with E-state index in [4.69, 9.17) is 5.11 Å². The van der Waals surface area contributed by atoms with Crippen LogP contribution in [0.4, 0.5) is 0 Å². The fourth-order valence-corrected chi connectivity index (χ4v) is 2.57. The SMILES string of the molecule is CN(CCCCCO)CCC(O)c1ccccc1Br. The molecule has 4 heteroatoms. The lowest BCUT2D eigenvalue weighted by atomic mass is 10.1. The lowest BCUT2D eigenvalue weighted by molar-refractivity contribution is 0.148. The Bertz CT molecular complexity index is 360. The molecule has 0 fully saturated rings. The van der Waals surface area contributed by atoms with Gasteiger partial charge in [-0.05, 0) is 50.9 Å². The number of aliphatic hydroxyl groups excluding tert-OH is 2. The zero-order valence-electron chi connectivity index (χ0n) is 11.6. The molecule has 1 unspecified atom stereocenters. The number of unbranched alkanes of at least 4 members (excludes halogenated alkanes) is 2. The molecule has 1 aromatic carbocycles. The first kappa shape index (κ1) is 16.6. The zero-order valence-corrected chi connectivity index (χ0v) is 13.1. The molecule has 0 aliphatic heterocycles. The van der Waals surface area contributed by atoms with E-state index in [-0.39, 0.29) is 6.61 Å². The maximum atomic E-state index is 10.2. The number of hydrogen-bond donors (Lipinski definition) is 2. The summed E-state index contributed by atoms with van der Waals surface area (Å²) < 4.78 is 0.966. The third-order valence-electron chi connectivity index (χ3n) is 3.25. The molecule has 0 aromatic heterocycles. The molecule has 1 atom stereocenters. The van der Waals surface area contributed by atoms with Gasteiger partial charge in [0.15, 0.2) is 0 Å². The van der Waals surface area contributed by atoms with Crippen molar-refractivity contribution in [2.75, 3.05) is 26.7 Å². The van der Waals surface area contributed by atoms with Gasteiger partial charge in [-0.1, -0.05) is 34.1 Å². The Balaban J connectivity index is 2.26. The number of benzene rings is 1. The Hall–Kier alpha value is -0.420. The largest absolute Gasteiger partial charge is 0.396 e. The van der Waals surface area contributed by atoms with Crippen LogP contribution < -0.4 is 0 Å². The molecule has 0 heterocycles. The lowest BCUT2D eigenvalue weighted by Gasteiger charge is -2.19. The van der Waals surface area contributed by atoms with Gasteiger partial charge >= 0.3 is 0 Å². The minimum absolute atomic E-state index is 0.282. The monoisotopic (exact) mass is 329 g/mol. The van der Waals surface area contributed by atoms with Crippen LogP contribution in [0.3, 0.4) is 0 Å². The van der Waals surface area contributed by atoms with Crippen LogP contribution in [0.2, 0.25) is 0 Å². The van der Waals surface area contributed by atoms with Crippen molar-refractivity contribution in [1.29, 1.82) is 0 Å². The van der Waals surface area contributed by atoms with E-state index in [0.29, 0.717) is 0 Å². The topological polar surface area (TPSA) is 43.7 Å². The average molecular weight is 330 g/mol. The Kier molecular flexibility index (Phi) is 8.30. The second kappa shape index (κ2) is 9.48. The van der Waals surface area contributed by atoms with Gasteiger partial charge in [0.1, 0.15) is 0 Å². The molecule has 1 aromatic rings. The van der Waals surface area contributed by atoms with Crippen molar-refractivity contribution in [3.05, 3.63) is 34.3 Å². The maximum Gasteiger partial charge on any atom is 0.0813 e. The van der Waals surface area contributed by atoms with E-state index in [1.165, 1.54) is 0 Å². The summed E-state index contributed by atoms with van der Waals surface area (Å²) in [5.41, 5.74) is 0.955. The number of nitrogens with zero attached hydrogens (tertiary/aromatic N) is 1.